The van der Waals surface area contributed by atoms with Crippen LogP contribution in [0.25, 0.3) is 5.65 Å². The maximum atomic E-state index is 5.82. The average Bonchev–Trinajstić information content (AvgIpc) is 2.89. The summed E-state index contributed by atoms with van der Waals surface area (Å²) in [5.41, 5.74) is 8.33. The van der Waals surface area contributed by atoms with Gasteiger partial charge in [0.05, 0.1) is 14.2 Å². The van der Waals surface area contributed by atoms with Crippen LogP contribution >= 0.6 is 0 Å². The Balaban J connectivity index is 1.96. The summed E-state index contributed by atoms with van der Waals surface area (Å²) in [6.45, 7) is 0. The van der Waals surface area contributed by atoms with Gasteiger partial charge in [0.15, 0.2) is 17.1 Å². The van der Waals surface area contributed by atoms with Gasteiger partial charge in [-0.2, -0.15) is 0 Å². The highest BCUT2D eigenvalue weighted by molar-refractivity contribution is 5.48. The molecule has 0 aliphatic carbocycles. The number of hydrogen-bond acceptors (Lipinski definition) is 5. The maximum Gasteiger partial charge on any atom is 0.161 e. The fourth-order valence-electron chi connectivity index (χ4n) is 2.25. The van der Waals surface area contributed by atoms with E-state index in [-0.39, 0.29) is 0 Å². The molecule has 2 heterocycles. The van der Waals surface area contributed by atoms with Crippen molar-refractivity contribution < 1.29 is 9.47 Å². The zero-order valence-corrected chi connectivity index (χ0v) is 11.9. The van der Waals surface area contributed by atoms with Crippen molar-refractivity contribution >= 4 is 11.3 Å². The monoisotopic (exact) mass is 284 g/mol. The molecule has 0 radical (unpaired) electrons. The molecule has 0 amide bonds. The minimum absolute atomic E-state index is 0.630. The largest absolute Gasteiger partial charge is 0.493 e. The summed E-state index contributed by atoms with van der Waals surface area (Å²) in [5, 5.41) is 8.35. The fraction of sp³-hybridized carbons (Fsp3) is 0.200. The van der Waals surface area contributed by atoms with Crippen LogP contribution in [0.4, 0.5) is 5.69 Å². The Kier molecular flexibility index (Phi) is 3.35. The molecule has 6 heteroatoms. The minimum atomic E-state index is 0.630. The van der Waals surface area contributed by atoms with E-state index in [2.05, 4.69) is 10.2 Å². The van der Waals surface area contributed by atoms with E-state index in [0.717, 1.165) is 17.0 Å². The zero-order valence-electron chi connectivity index (χ0n) is 11.9. The van der Waals surface area contributed by atoms with E-state index in [1.54, 1.807) is 14.2 Å². The number of fused-ring (bicyclic) bond motifs is 1. The predicted octanol–water partition coefficient (Wildman–Crippen LogP) is 1.92. The number of benzene rings is 1. The molecule has 1 aromatic carbocycles. The Morgan fingerprint density at radius 3 is 2.62 bits per heavy atom. The van der Waals surface area contributed by atoms with Gasteiger partial charge < -0.3 is 15.2 Å². The standard InChI is InChI=1S/C15H16N4O2/c1-20-12-5-3-10(7-13(12)21-2)8-15-18-17-14-6-4-11(16)9-19(14)15/h3-7,9H,8,16H2,1-2H3. The smallest absolute Gasteiger partial charge is 0.161 e. The quantitative estimate of drug-likeness (QED) is 0.792. The van der Waals surface area contributed by atoms with Gasteiger partial charge in [-0.25, -0.2) is 0 Å². The SMILES string of the molecule is COc1ccc(Cc2nnc3ccc(N)cn23)cc1OC. The third-order valence-corrected chi connectivity index (χ3v) is 3.31. The van der Waals surface area contributed by atoms with Crippen molar-refractivity contribution in [1.29, 1.82) is 0 Å². The molecule has 0 aliphatic rings. The highest BCUT2D eigenvalue weighted by atomic mass is 16.5. The van der Waals surface area contributed by atoms with Crippen molar-refractivity contribution in [3.05, 3.63) is 47.9 Å². The number of nitrogens with two attached hydrogens (primary N) is 1. The summed E-state index contributed by atoms with van der Waals surface area (Å²) in [6, 6.07) is 9.46. The Hall–Kier alpha value is -2.76. The second-order valence-corrected chi connectivity index (χ2v) is 4.67. The lowest BCUT2D eigenvalue weighted by Gasteiger charge is -2.09. The number of anilines is 1. The van der Waals surface area contributed by atoms with E-state index < -0.39 is 0 Å². The topological polar surface area (TPSA) is 74.7 Å². The Labute approximate surface area is 122 Å². The first-order chi connectivity index (χ1) is 10.2. The molecular formula is C15H16N4O2. The number of methoxy groups -OCH3 is 2. The molecule has 21 heavy (non-hydrogen) atoms. The van der Waals surface area contributed by atoms with Crippen LogP contribution < -0.4 is 15.2 Å². The van der Waals surface area contributed by atoms with Crippen molar-refractivity contribution in [3.8, 4) is 11.5 Å². The van der Waals surface area contributed by atoms with Crippen LogP contribution in [-0.4, -0.2) is 28.8 Å². The van der Waals surface area contributed by atoms with Gasteiger partial charge in [-0.15, -0.1) is 10.2 Å². The van der Waals surface area contributed by atoms with E-state index in [4.69, 9.17) is 15.2 Å². The van der Waals surface area contributed by atoms with Gasteiger partial charge in [0.25, 0.3) is 0 Å². The third kappa shape index (κ3) is 2.47. The van der Waals surface area contributed by atoms with Gasteiger partial charge in [0.2, 0.25) is 0 Å². The second kappa shape index (κ2) is 5.32. The first kappa shape index (κ1) is 13.2. The highest BCUT2D eigenvalue weighted by Crippen LogP contribution is 2.28. The Morgan fingerprint density at radius 2 is 1.86 bits per heavy atom. The first-order valence-corrected chi connectivity index (χ1v) is 6.51. The third-order valence-electron chi connectivity index (χ3n) is 3.31. The Morgan fingerprint density at radius 1 is 1.05 bits per heavy atom. The van der Waals surface area contributed by atoms with Crippen molar-refractivity contribution in [2.75, 3.05) is 20.0 Å². The maximum absolute atomic E-state index is 5.82. The summed E-state index contributed by atoms with van der Waals surface area (Å²) in [6.07, 6.45) is 2.45. The van der Waals surface area contributed by atoms with Crippen LogP contribution in [0.1, 0.15) is 11.4 Å². The highest BCUT2D eigenvalue weighted by Gasteiger charge is 2.09. The molecule has 3 aromatic rings. The number of nitrogen functional groups attached to an aromatic ring is 1. The van der Waals surface area contributed by atoms with Gasteiger partial charge in [-0.1, -0.05) is 6.07 Å². The molecule has 0 atom stereocenters. The molecule has 0 fully saturated rings. The van der Waals surface area contributed by atoms with Crippen LogP contribution in [0.2, 0.25) is 0 Å². The van der Waals surface area contributed by atoms with Gasteiger partial charge in [-0.05, 0) is 29.8 Å². The molecule has 3 rings (SSSR count). The van der Waals surface area contributed by atoms with E-state index in [1.165, 1.54) is 0 Å². The molecule has 0 aliphatic heterocycles. The van der Waals surface area contributed by atoms with Crippen molar-refractivity contribution in [3.63, 3.8) is 0 Å². The fourth-order valence-corrected chi connectivity index (χ4v) is 2.25. The number of ether oxygens (including phenoxy) is 2. The van der Waals surface area contributed by atoms with Crippen molar-refractivity contribution in [2.24, 2.45) is 0 Å². The van der Waals surface area contributed by atoms with Crippen LogP contribution in [-0.2, 0) is 6.42 Å². The number of nitrogens with zero attached hydrogens (tertiary/aromatic N) is 3. The lowest BCUT2D eigenvalue weighted by Crippen LogP contribution is -1.99. The molecule has 2 N–H and O–H groups in total. The Bertz CT molecular complexity index is 782. The van der Waals surface area contributed by atoms with Crippen LogP contribution in [0.5, 0.6) is 11.5 Å². The molecule has 6 nitrogen and oxygen atoms in total. The van der Waals surface area contributed by atoms with E-state index >= 15 is 0 Å². The zero-order chi connectivity index (χ0) is 14.8. The lowest BCUT2D eigenvalue weighted by atomic mass is 10.1. The van der Waals surface area contributed by atoms with Crippen LogP contribution in [0, 0.1) is 0 Å². The number of hydrogen-bond donors (Lipinski definition) is 1. The molecule has 2 aromatic heterocycles. The van der Waals surface area contributed by atoms with Gasteiger partial charge >= 0.3 is 0 Å². The lowest BCUT2D eigenvalue weighted by molar-refractivity contribution is 0.354. The summed E-state index contributed by atoms with van der Waals surface area (Å²) < 4.78 is 12.4. The molecular weight excluding hydrogens is 268 g/mol. The number of rotatable bonds is 4. The molecule has 0 spiro atoms. The summed E-state index contributed by atoms with van der Waals surface area (Å²) >= 11 is 0. The molecule has 108 valence electrons. The summed E-state index contributed by atoms with van der Waals surface area (Å²) in [4.78, 5) is 0. The minimum Gasteiger partial charge on any atom is -0.493 e. The molecule has 0 bridgehead atoms. The molecule has 0 saturated heterocycles. The normalized spacial score (nSPS) is 10.8. The first-order valence-electron chi connectivity index (χ1n) is 6.51. The van der Waals surface area contributed by atoms with E-state index in [1.807, 2.05) is 40.9 Å². The van der Waals surface area contributed by atoms with Crippen molar-refractivity contribution in [2.45, 2.75) is 6.42 Å². The second-order valence-electron chi connectivity index (χ2n) is 4.67. The number of pyridine rings is 1. The number of aromatic nitrogens is 3. The summed E-state index contributed by atoms with van der Waals surface area (Å²) in [7, 11) is 3.24. The van der Waals surface area contributed by atoms with Crippen LogP contribution in [0.3, 0.4) is 0 Å². The predicted molar refractivity (Wildman–Crippen MR) is 79.8 cm³/mol. The van der Waals surface area contributed by atoms with Crippen molar-refractivity contribution in [1.82, 2.24) is 14.6 Å². The van der Waals surface area contributed by atoms with Crippen LogP contribution in [0.15, 0.2) is 36.5 Å². The average molecular weight is 284 g/mol. The molecule has 0 saturated carbocycles. The van der Waals surface area contributed by atoms with E-state index in [0.29, 0.717) is 23.6 Å². The van der Waals surface area contributed by atoms with Gasteiger partial charge in [-0.3, -0.25) is 4.40 Å². The molecule has 0 unspecified atom stereocenters. The van der Waals surface area contributed by atoms with E-state index in [9.17, 15) is 0 Å². The van der Waals surface area contributed by atoms with Gasteiger partial charge in [0.1, 0.15) is 5.82 Å². The summed E-state index contributed by atoms with van der Waals surface area (Å²) in [5.74, 6) is 2.23. The van der Waals surface area contributed by atoms with Gasteiger partial charge in [0, 0.05) is 18.3 Å².